The van der Waals surface area contributed by atoms with Crippen molar-refractivity contribution in [1.29, 1.82) is 0 Å². The monoisotopic (exact) mass is 643 g/mol. The first kappa shape index (κ1) is 37.6. The largest absolute Gasteiger partial charge is 0.460 e. The molecule has 0 rings (SSSR count). The van der Waals surface area contributed by atoms with Crippen LogP contribution < -0.4 is 0 Å². The lowest BCUT2D eigenvalue weighted by Crippen LogP contribution is -2.75. The lowest BCUT2D eigenvalue weighted by atomic mass is 9.91. The number of aliphatic hydroxyl groups excluding tert-OH is 1. The predicted octanol–water partition coefficient (Wildman–Crippen LogP) is 4.67. The molecule has 0 aliphatic carbocycles. The van der Waals surface area contributed by atoms with Crippen molar-refractivity contribution in [3.63, 3.8) is 0 Å². The van der Waals surface area contributed by atoms with Crippen LogP contribution in [0.2, 0.25) is 0 Å². The molecule has 0 amide bonds. The summed E-state index contributed by atoms with van der Waals surface area (Å²) in [6, 6.07) is 0. The molecule has 0 aliphatic heterocycles. The average Bonchev–Trinajstić information content (AvgIpc) is 2.68. The topological polar surface area (TPSA) is 57.6 Å². The van der Waals surface area contributed by atoms with Crippen molar-refractivity contribution in [2.45, 2.75) is 60.0 Å². The number of nitrogens with zero attached hydrogens (tertiary/aromatic N) is 2. The molecule has 0 aliphatic rings. The smallest absolute Gasteiger partial charge is 0.386 e. The van der Waals surface area contributed by atoms with Gasteiger partial charge >= 0.3 is 47.0 Å². The van der Waals surface area contributed by atoms with Crippen LogP contribution in [0.5, 0.6) is 0 Å². The first-order valence-corrected chi connectivity index (χ1v) is 11.2. The van der Waals surface area contributed by atoms with Crippen LogP contribution in [0.25, 0.3) is 0 Å². The number of hydrogen-bond acceptors (Lipinski definition) is 3. The van der Waals surface area contributed by atoms with Gasteiger partial charge in [-0.25, -0.2) is 8.42 Å². The van der Waals surface area contributed by atoms with E-state index in [1.54, 1.807) is 0 Å². The average molecular weight is 643 g/mol. The molecular formula is C16H20F17N2O3S+. The molecular weight excluding hydrogens is 623 g/mol. The fraction of sp³-hybridized carbons (Fsp3) is 1.00. The molecule has 0 radical (unpaired) electrons. The molecule has 1 N–H and O–H groups in total. The van der Waals surface area contributed by atoms with Crippen LogP contribution in [-0.2, 0) is 10.0 Å². The third-order valence-electron chi connectivity index (χ3n) is 4.88. The Morgan fingerprint density at radius 2 is 0.949 bits per heavy atom. The molecule has 1 unspecified atom stereocenters. The zero-order valence-corrected chi connectivity index (χ0v) is 20.5. The lowest BCUT2D eigenvalue weighted by molar-refractivity contribution is -0.873. The summed E-state index contributed by atoms with van der Waals surface area (Å²) in [7, 11) is -3.52. The summed E-state index contributed by atoms with van der Waals surface area (Å²) in [5.74, 6) is -51.9. The number of alkyl halides is 17. The molecule has 236 valence electrons. The van der Waals surface area contributed by atoms with Crippen LogP contribution in [0.3, 0.4) is 0 Å². The second kappa shape index (κ2) is 10.2. The second-order valence-electron chi connectivity index (χ2n) is 9.04. The van der Waals surface area contributed by atoms with Gasteiger partial charge in [0.1, 0.15) is 12.6 Å². The normalized spacial score (nSPS) is 17.1. The first-order chi connectivity index (χ1) is 16.6. The van der Waals surface area contributed by atoms with Crippen molar-refractivity contribution in [3.8, 4) is 0 Å². The Kier molecular flexibility index (Phi) is 9.82. The summed E-state index contributed by atoms with van der Waals surface area (Å²) in [5, 5.41) is 2.14. The highest BCUT2D eigenvalue weighted by Crippen LogP contribution is 2.64. The van der Waals surface area contributed by atoms with Gasteiger partial charge in [0.05, 0.1) is 21.1 Å². The van der Waals surface area contributed by atoms with Gasteiger partial charge in [0.25, 0.3) is 10.0 Å². The second-order valence-corrected chi connectivity index (χ2v) is 11.0. The highest BCUT2D eigenvalue weighted by atomic mass is 32.2. The zero-order valence-electron chi connectivity index (χ0n) is 19.7. The van der Waals surface area contributed by atoms with E-state index < -0.39 is 87.0 Å². The molecule has 0 fully saturated rings. The zero-order chi connectivity index (χ0) is 32.3. The maximum atomic E-state index is 14.3. The summed E-state index contributed by atoms with van der Waals surface area (Å²) in [6.07, 6.45) is -9.95. The van der Waals surface area contributed by atoms with Gasteiger partial charge in [-0.1, -0.05) is 6.92 Å². The summed E-state index contributed by atoms with van der Waals surface area (Å²) >= 11 is 0. The van der Waals surface area contributed by atoms with Gasteiger partial charge in [0, 0.05) is 13.1 Å². The lowest BCUT2D eigenvalue weighted by Gasteiger charge is -2.43. The summed E-state index contributed by atoms with van der Waals surface area (Å²) in [4.78, 5) is 0. The van der Waals surface area contributed by atoms with E-state index in [0.29, 0.717) is 6.92 Å². The Morgan fingerprint density at radius 3 is 1.23 bits per heavy atom. The van der Waals surface area contributed by atoms with E-state index in [0.717, 1.165) is 0 Å². The van der Waals surface area contributed by atoms with E-state index >= 15 is 0 Å². The van der Waals surface area contributed by atoms with Crippen molar-refractivity contribution < 1.29 is 92.6 Å². The van der Waals surface area contributed by atoms with E-state index in [1.165, 1.54) is 21.1 Å². The van der Waals surface area contributed by atoms with Gasteiger partial charge in [-0.05, 0) is 0 Å². The van der Waals surface area contributed by atoms with Gasteiger partial charge in [0.2, 0.25) is 0 Å². The van der Waals surface area contributed by atoms with Crippen molar-refractivity contribution in [2.24, 2.45) is 0 Å². The number of halogens is 17. The Hall–Kier alpha value is -1.36. The molecule has 0 aromatic rings. The minimum atomic E-state index is -8.89. The molecule has 23 heteroatoms. The summed E-state index contributed by atoms with van der Waals surface area (Å²) < 4.78 is 251. The van der Waals surface area contributed by atoms with Gasteiger partial charge in [-0.15, -0.1) is 0 Å². The van der Waals surface area contributed by atoms with Gasteiger partial charge in [0.15, 0.2) is 0 Å². The van der Waals surface area contributed by atoms with E-state index in [4.69, 9.17) is 0 Å². The van der Waals surface area contributed by atoms with Crippen molar-refractivity contribution in [1.82, 2.24) is 4.31 Å². The number of rotatable bonds is 13. The van der Waals surface area contributed by atoms with E-state index in [-0.39, 0.29) is 4.48 Å². The van der Waals surface area contributed by atoms with E-state index in [9.17, 15) is 88.2 Å². The first-order valence-electron chi connectivity index (χ1n) is 9.75. The maximum absolute atomic E-state index is 14.3. The van der Waals surface area contributed by atoms with Crippen molar-refractivity contribution >= 4 is 10.0 Å². The fourth-order valence-electron chi connectivity index (χ4n) is 2.80. The van der Waals surface area contributed by atoms with Gasteiger partial charge < -0.3 is 9.59 Å². The standard InChI is InChI=1S/C16H20F17N2O3S/c1-5-34(6-8(36)7-35(2,3)4)39(37,38)16(32,33)14(27,28)12(23,24)10(19,20)9(17,18)11(21,22)13(25,26)15(29,30)31/h8,36H,5-7H2,1-4H3/q+1. The number of quaternary nitrogens is 1. The van der Waals surface area contributed by atoms with E-state index in [2.05, 4.69) is 0 Å². The van der Waals surface area contributed by atoms with Crippen LogP contribution in [0.4, 0.5) is 74.6 Å². The van der Waals surface area contributed by atoms with Crippen molar-refractivity contribution in [3.05, 3.63) is 0 Å². The Balaban J connectivity index is 6.91. The van der Waals surface area contributed by atoms with E-state index in [1.807, 2.05) is 0 Å². The number of aliphatic hydroxyl groups is 1. The van der Waals surface area contributed by atoms with Gasteiger partial charge in [-0.2, -0.15) is 78.9 Å². The molecule has 0 saturated heterocycles. The Bertz CT molecular complexity index is 973. The Labute approximate surface area is 208 Å². The fourth-order valence-corrected chi connectivity index (χ4v) is 4.28. The minimum Gasteiger partial charge on any atom is -0.386 e. The Morgan fingerprint density at radius 1 is 0.641 bits per heavy atom. The predicted molar refractivity (Wildman–Crippen MR) is 95.8 cm³/mol. The third kappa shape index (κ3) is 5.72. The molecule has 0 bridgehead atoms. The molecule has 0 saturated carbocycles. The van der Waals surface area contributed by atoms with Crippen LogP contribution in [0.15, 0.2) is 0 Å². The van der Waals surface area contributed by atoms with Crippen LogP contribution >= 0.6 is 0 Å². The molecule has 1 atom stereocenters. The number of hydrogen-bond donors (Lipinski definition) is 1. The molecule has 0 spiro atoms. The molecule has 0 heterocycles. The molecule has 39 heavy (non-hydrogen) atoms. The minimum absolute atomic E-state index is 0.276. The van der Waals surface area contributed by atoms with Gasteiger partial charge in [-0.3, -0.25) is 0 Å². The summed E-state index contributed by atoms with van der Waals surface area (Å²) in [5.41, 5.74) is 0. The number of likely N-dealkylation sites (N-methyl/N-ethyl adjacent to an activating group) is 2. The molecule has 5 nitrogen and oxygen atoms in total. The third-order valence-corrected chi connectivity index (χ3v) is 6.87. The van der Waals surface area contributed by atoms with Crippen LogP contribution in [-0.4, -0.2) is 116 Å². The highest BCUT2D eigenvalue weighted by molar-refractivity contribution is 7.90. The molecule has 0 aromatic carbocycles. The maximum Gasteiger partial charge on any atom is 0.460 e. The number of sulfonamides is 1. The highest BCUT2D eigenvalue weighted by Gasteiger charge is 2.96. The quantitative estimate of drug-likeness (QED) is 0.235. The van der Waals surface area contributed by atoms with Crippen molar-refractivity contribution in [2.75, 3.05) is 40.8 Å². The van der Waals surface area contributed by atoms with Crippen LogP contribution in [0, 0.1) is 0 Å². The van der Waals surface area contributed by atoms with Crippen LogP contribution in [0.1, 0.15) is 6.92 Å². The molecule has 0 aromatic heterocycles. The SMILES string of the molecule is CCN(CC(O)C[N+](C)(C)C)S(=O)(=O)C(F)(F)C(F)(F)C(F)(F)C(F)(F)C(F)(F)C(F)(F)C(F)(F)C(F)(F)F. The summed E-state index contributed by atoms with van der Waals surface area (Å²) in [6.45, 7) is -3.05.